The molecule has 6 nitrogen and oxygen atoms in total. The number of aromatic nitrogens is 3. The fourth-order valence-corrected chi connectivity index (χ4v) is 4.44. The molecule has 2 aromatic heterocycles. The van der Waals surface area contributed by atoms with E-state index in [1.165, 1.54) is 49.0 Å². The van der Waals surface area contributed by atoms with Gasteiger partial charge in [0.25, 0.3) is 5.89 Å². The van der Waals surface area contributed by atoms with Gasteiger partial charge in [0.05, 0.1) is 0 Å². The molecule has 4 heterocycles. The van der Waals surface area contributed by atoms with Gasteiger partial charge in [0.15, 0.2) is 0 Å². The van der Waals surface area contributed by atoms with Gasteiger partial charge in [-0.15, -0.1) is 24.8 Å². The van der Waals surface area contributed by atoms with Crippen molar-refractivity contribution in [3.63, 3.8) is 0 Å². The minimum absolute atomic E-state index is 0. The smallest absolute Gasteiger partial charge is 0.258 e. The fourth-order valence-electron chi connectivity index (χ4n) is 4.44. The summed E-state index contributed by atoms with van der Waals surface area (Å²) in [6.45, 7) is 7.26. The Morgan fingerprint density at radius 1 is 1.06 bits per heavy atom. The van der Waals surface area contributed by atoms with Crippen LogP contribution in [0.3, 0.4) is 0 Å². The highest BCUT2D eigenvalue weighted by molar-refractivity contribution is 5.85. The molecule has 31 heavy (non-hydrogen) atoms. The van der Waals surface area contributed by atoms with E-state index >= 15 is 0 Å². The Bertz CT molecular complexity index is 1000. The number of hydrogen-bond acceptors (Lipinski definition) is 6. The van der Waals surface area contributed by atoms with E-state index in [1.54, 1.807) is 0 Å². The lowest BCUT2D eigenvalue weighted by Crippen LogP contribution is -2.28. The van der Waals surface area contributed by atoms with E-state index in [-0.39, 0.29) is 24.8 Å². The lowest BCUT2D eigenvalue weighted by atomic mass is 9.95. The third-order valence-corrected chi connectivity index (χ3v) is 6.04. The summed E-state index contributed by atoms with van der Waals surface area (Å²) in [4.78, 5) is 11.8. The van der Waals surface area contributed by atoms with Crippen molar-refractivity contribution in [3.8, 4) is 22.8 Å². The first-order chi connectivity index (χ1) is 14.3. The largest absolute Gasteiger partial charge is 0.334 e. The molecule has 0 saturated carbocycles. The molecule has 2 aliphatic heterocycles. The van der Waals surface area contributed by atoms with Gasteiger partial charge in [-0.1, -0.05) is 23.7 Å². The van der Waals surface area contributed by atoms with Crippen LogP contribution in [0, 0.1) is 6.92 Å². The zero-order valence-electron chi connectivity index (χ0n) is 17.8. The summed E-state index contributed by atoms with van der Waals surface area (Å²) in [5, 5.41) is 7.69. The Labute approximate surface area is 195 Å². The predicted octanol–water partition coefficient (Wildman–Crippen LogP) is 4.58. The van der Waals surface area contributed by atoms with Crippen molar-refractivity contribution in [2.45, 2.75) is 45.7 Å². The van der Waals surface area contributed by atoms with E-state index in [4.69, 9.17) is 9.51 Å². The van der Waals surface area contributed by atoms with E-state index in [1.807, 2.05) is 13.1 Å². The van der Waals surface area contributed by atoms with Gasteiger partial charge in [0.2, 0.25) is 5.82 Å². The van der Waals surface area contributed by atoms with Crippen LogP contribution in [0.4, 0.5) is 0 Å². The van der Waals surface area contributed by atoms with Gasteiger partial charge < -0.3 is 9.84 Å². The molecule has 1 N–H and O–H groups in total. The highest BCUT2D eigenvalue weighted by Crippen LogP contribution is 2.30. The molecule has 2 aliphatic rings. The maximum absolute atomic E-state index is 5.63. The van der Waals surface area contributed by atoms with Crippen LogP contribution in [0.1, 0.15) is 41.6 Å². The van der Waals surface area contributed by atoms with Crippen LogP contribution in [0.2, 0.25) is 0 Å². The Morgan fingerprint density at radius 3 is 2.61 bits per heavy atom. The summed E-state index contributed by atoms with van der Waals surface area (Å²) in [7, 11) is 0. The molecule has 0 bridgehead atoms. The van der Waals surface area contributed by atoms with Crippen LogP contribution in [0.5, 0.6) is 0 Å². The van der Waals surface area contributed by atoms with Crippen LogP contribution in [-0.4, -0.2) is 39.7 Å². The van der Waals surface area contributed by atoms with Crippen molar-refractivity contribution in [2.75, 3.05) is 19.6 Å². The van der Waals surface area contributed by atoms with E-state index in [0.29, 0.717) is 11.7 Å². The van der Waals surface area contributed by atoms with Gasteiger partial charge in [-0.3, -0.25) is 9.88 Å². The van der Waals surface area contributed by atoms with Crippen molar-refractivity contribution in [1.82, 2.24) is 25.3 Å². The first-order valence-corrected chi connectivity index (χ1v) is 10.6. The van der Waals surface area contributed by atoms with Crippen molar-refractivity contribution in [2.24, 2.45) is 0 Å². The normalized spacial score (nSPS) is 16.2. The number of nitrogens with one attached hydrogen (secondary N) is 1. The van der Waals surface area contributed by atoms with Crippen molar-refractivity contribution in [3.05, 3.63) is 52.8 Å². The van der Waals surface area contributed by atoms with Gasteiger partial charge >= 0.3 is 0 Å². The standard InChI is InChI=1S/C23H27N5O.2ClH/c1-16-21(20-9-10-24-13-19(20)14-25-16)22-26-23(29-27-22)18-7-5-17(6-8-18)15-28-11-3-2-4-12-28;;/h5-8,14,24H,2-4,9-13,15H2,1H3;2*1H. The zero-order valence-corrected chi connectivity index (χ0v) is 19.4. The summed E-state index contributed by atoms with van der Waals surface area (Å²) >= 11 is 0. The average molecular weight is 462 g/mol. The number of fused-ring (bicyclic) bond motifs is 1. The second-order valence-electron chi connectivity index (χ2n) is 8.11. The molecule has 0 atom stereocenters. The van der Waals surface area contributed by atoms with Crippen LogP contribution in [0.15, 0.2) is 35.0 Å². The van der Waals surface area contributed by atoms with Gasteiger partial charge in [0, 0.05) is 36.1 Å². The van der Waals surface area contributed by atoms with Crippen LogP contribution < -0.4 is 5.32 Å². The number of aryl methyl sites for hydroxylation is 1. The number of rotatable bonds is 4. The van der Waals surface area contributed by atoms with Crippen LogP contribution in [0.25, 0.3) is 22.8 Å². The molecule has 166 valence electrons. The second kappa shape index (κ2) is 10.6. The number of nitrogens with zero attached hydrogens (tertiary/aromatic N) is 4. The molecule has 8 heteroatoms. The SMILES string of the molecule is Cc1ncc2c(c1-c1noc(-c3ccc(CN4CCCCC4)cc3)n1)CCNC2.Cl.Cl. The van der Waals surface area contributed by atoms with Crippen LogP contribution in [-0.2, 0) is 19.5 Å². The molecule has 1 aromatic carbocycles. The van der Waals surface area contributed by atoms with E-state index < -0.39 is 0 Å². The Hall–Kier alpha value is -1.99. The van der Waals surface area contributed by atoms with Gasteiger partial charge in [-0.25, -0.2) is 0 Å². The monoisotopic (exact) mass is 461 g/mol. The Kier molecular flexibility index (Phi) is 8.06. The average Bonchev–Trinajstić information content (AvgIpc) is 3.24. The van der Waals surface area contributed by atoms with E-state index in [2.05, 4.69) is 44.6 Å². The van der Waals surface area contributed by atoms with Gasteiger partial charge in [-0.05, 0) is 74.6 Å². The molecule has 0 spiro atoms. The molecule has 0 aliphatic carbocycles. The minimum Gasteiger partial charge on any atom is -0.334 e. The fraction of sp³-hybridized carbons (Fsp3) is 0.435. The van der Waals surface area contributed by atoms with Crippen molar-refractivity contribution < 1.29 is 4.52 Å². The summed E-state index contributed by atoms with van der Waals surface area (Å²) < 4.78 is 5.63. The van der Waals surface area contributed by atoms with E-state index in [9.17, 15) is 0 Å². The summed E-state index contributed by atoms with van der Waals surface area (Å²) in [5.41, 5.74) is 6.80. The maximum atomic E-state index is 5.63. The van der Waals surface area contributed by atoms with Crippen LogP contribution >= 0.6 is 24.8 Å². The topological polar surface area (TPSA) is 67.1 Å². The number of halogens is 2. The summed E-state index contributed by atoms with van der Waals surface area (Å²) in [5.74, 6) is 1.21. The third-order valence-electron chi connectivity index (χ3n) is 6.04. The second-order valence-corrected chi connectivity index (χ2v) is 8.11. The van der Waals surface area contributed by atoms with Gasteiger partial charge in [-0.2, -0.15) is 4.98 Å². The molecule has 5 rings (SSSR count). The first kappa shape index (κ1) is 23.7. The van der Waals surface area contributed by atoms with Crippen molar-refractivity contribution >= 4 is 24.8 Å². The highest BCUT2D eigenvalue weighted by Gasteiger charge is 2.21. The Balaban J connectivity index is 0.00000136. The highest BCUT2D eigenvalue weighted by atomic mass is 35.5. The molecule has 1 saturated heterocycles. The third kappa shape index (κ3) is 5.09. The number of benzene rings is 1. The number of pyridine rings is 1. The lowest BCUT2D eigenvalue weighted by Gasteiger charge is -2.26. The maximum Gasteiger partial charge on any atom is 0.258 e. The quantitative estimate of drug-likeness (QED) is 0.612. The van der Waals surface area contributed by atoms with Crippen molar-refractivity contribution in [1.29, 1.82) is 0 Å². The molecule has 3 aromatic rings. The zero-order chi connectivity index (χ0) is 19.6. The first-order valence-electron chi connectivity index (χ1n) is 10.6. The molecule has 0 unspecified atom stereocenters. The number of piperidine rings is 1. The molecule has 0 amide bonds. The number of likely N-dealkylation sites (tertiary alicyclic amines) is 1. The lowest BCUT2D eigenvalue weighted by molar-refractivity contribution is 0.221. The molecule has 1 fully saturated rings. The molecular formula is C23H29Cl2N5O. The summed E-state index contributed by atoms with van der Waals surface area (Å²) in [6, 6.07) is 8.53. The van der Waals surface area contributed by atoms with Gasteiger partial charge in [0.1, 0.15) is 0 Å². The minimum atomic E-state index is 0. The summed E-state index contributed by atoms with van der Waals surface area (Å²) in [6.07, 6.45) is 6.92. The molecule has 0 radical (unpaired) electrons. The number of hydrogen-bond donors (Lipinski definition) is 1. The molecular weight excluding hydrogens is 433 g/mol. The van der Waals surface area contributed by atoms with E-state index in [0.717, 1.165) is 42.9 Å². The predicted molar refractivity (Wildman–Crippen MR) is 127 cm³/mol. The Morgan fingerprint density at radius 2 is 1.84 bits per heavy atom.